The first kappa shape index (κ1) is 10.7. The summed E-state index contributed by atoms with van der Waals surface area (Å²) in [5.74, 6) is 1.82. The van der Waals surface area contributed by atoms with Gasteiger partial charge in [-0.15, -0.1) is 0 Å². The van der Waals surface area contributed by atoms with Gasteiger partial charge in [0.1, 0.15) is 0 Å². The fraction of sp³-hybridized carbons (Fsp3) is 1.00. The molecule has 0 aromatic heterocycles. The Hall–Kier alpha value is 0.730. The van der Waals surface area contributed by atoms with Gasteiger partial charge < -0.3 is 0 Å². The minimum absolute atomic E-state index is 0.879. The van der Waals surface area contributed by atoms with E-state index in [1.54, 1.807) is 0 Å². The maximum Gasteiger partial charge on any atom is -0.000463 e. The molecule has 0 rings (SSSR count). The van der Waals surface area contributed by atoms with Crippen LogP contribution in [0.5, 0.6) is 0 Å². The highest BCUT2D eigenvalue weighted by atomic mass is 127. The summed E-state index contributed by atoms with van der Waals surface area (Å²) in [6.45, 7) is 6.98. The summed E-state index contributed by atoms with van der Waals surface area (Å²) in [5.41, 5.74) is 0. The number of halogens is 1. The summed E-state index contributed by atoms with van der Waals surface area (Å²) in [6, 6.07) is 0. The highest BCUT2D eigenvalue weighted by molar-refractivity contribution is 14.1. The average molecular weight is 254 g/mol. The van der Waals surface area contributed by atoms with Crippen molar-refractivity contribution in [3.8, 4) is 0 Å². The van der Waals surface area contributed by atoms with Crippen LogP contribution in [0.2, 0.25) is 0 Å². The average Bonchev–Trinajstić information content (AvgIpc) is 1.82. The second kappa shape index (κ2) is 6.44. The SMILES string of the molecule is CC(C)CC(C)CCCI. The normalized spacial score (nSPS) is 14.1. The molecule has 62 valence electrons. The van der Waals surface area contributed by atoms with Gasteiger partial charge in [0, 0.05) is 0 Å². The van der Waals surface area contributed by atoms with Gasteiger partial charge in [-0.05, 0) is 35.5 Å². The molecule has 0 fully saturated rings. The molecule has 0 aliphatic carbocycles. The van der Waals surface area contributed by atoms with Crippen molar-refractivity contribution < 1.29 is 0 Å². The fourth-order valence-electron chi connectivity index (χ4n) is 1.35. The third kappa shape index (κ3) is 6.84. The van der Waals surface area contributed by atoms with E-state index in [4.69, 9.17) is 0 Å². The lowest BCUT2D eigenvalue weighted by molar-refractivity contribution is 0.413. The Morgan fingerprint density at radius 2 is 1.80 bits per heavy atom. The van der Waals surface area contributed by atoms with E-state index in [9.17, 15) is 0 Å². The van der Waals surface area contributed by atoms with Gasteiger partial charge >= 0.3 is 0 Å². The predicted molar refractivity (Wildman–Crippen MR) is 56.7 cm³/mol. The van der Waals surface area contributed by atoms with Gasteiger partial charge in [-0.25, -0.2) is 0 Å². The molecule has 0 aliphatic heterocycles. The third-order valence-corrected chi connectivity index (χ3v) is 2.47. The van der Waals surface area contributed by atoms with E-state index in [0.29, 0.717) is 0 Å². The first-order valence-electron chi connectivity index (χ1n) is 4.22. The first-order chi connectivity index (χ1) is 4.66. The molecule has 0 N–H and O–H groups in total. The van der Waals surface area contributed by atoms with Crippen molar-refractivity contribution in [3.63, 3.8) is 0 Å². The van der Waals surface area contributed by atoms with Gasteiger partial charge in [-0.1, -0.05) is 43.4 Å². The molecule has 0 heterocycles. The summed E-state index contributed by atoms with van der Waals surface area (Å²) in [4.78, 5) is 0. The van der Waals surface area contributed by atoms with Crippen LogP contribution in [-0.2, 0) is 0 Å². The monoisotopic (exact) mass is 254 g/mol. The molecule has 0 nitrogen and oxygen atoms in total. The molecule has 1 atom stereocenters. The topological polar surface area (TPSA) is 0 Å². The molecular formula is C9H19I. The van der Waals surface area contributed by atoms with E-state index in [2.05, 4.69) is 43.4 Å². The maximum absolute atomic E-state index is 2.45. The van der Waals surface area contributed by atoms with Crippen LogP contribution >= 0.6 is 22.6 Å². The van der Waals surface area contributed by atoms with Crippen molar-refractivity contribution >= 4 is 22.6 Å². The van der Waals surface area contributed by atoms with Crippen LogP contribution in [0, 0.1) is 11.8 Å². The minimum Gasteiger partial charge on any atom is -0.0864 e. The van der Waals surface area contributed by atoms with E-state index < -0.39 is 0 Å². The highest BCUT2D eigenvalue weighted by Gasteiger charge is 2.03. The van der Waals surface area contributed by atoms with Crippen LogP contribution in [0.25, 0.3) is 0 Å². The highest BCUT2D eigenvalue weighted by Crippen LogP contribution is 2.16. The lowest BCUT2D eigenvalue weighted by Gasteiger charge is -2.12. The number of hydrogen-bond donors (Lipinski definition) is 0. The Balaban J connectivity index is 3.16. The van der Waals surface area contributed by atoms with Crippen molar-refractivity contribution in [2.75, 3.05) is 4.43 Å². The lowest BCUT2D eigenvalue weighted by Crippen LogP contribution is -1.99. The van der Waals surface area contributed by atoms with Crippen molar-refractivity contribution in [3.05, 3.63) is 0 Å². The maximum atomic E-state index is 2.45. The quantitative estimate of drug-likeness (QED) is 0.516. The predicted octanol–water partition coefficient (Wildman–Crippen LogP) is 3.88. The largest absolute Gasteiger partial charge is 0.0864 e. The van der Waals surface area contributed by atoms with Crippen LogP contribution in [0.1, 0.15) is 40.0 Å². The van der Waals surface area contributed by atoms with E-state index in [1.165, 1.54) is 23.7 Å². The molecular weight excluding hydrogens is 235 g/mol. The molecule has 1 unspecified atom stereocenters. The second-order valence-electron chi connectivity index (χ2n) is 3.57. The van der Waals surface area contributed by atoms with Crippen LogP contribution in [0.4, 0.5) is 0 Å². The Labute approximate surface area is 78.9 Å². The summed E-state index contributed by atoms with van der Waals surface area (Å²) in [6.07, 6.45) is 4.21. The summed E-state index contributed by atoms with van der Waals surface area (Å²) >= 11 is 2.45. The van der Waals surface area contributed by atoms with E-state index in [0.717, 1.165) is 11.8 Å². The first-order valence-corrected chi connectivity index (χ1v) is 5.75. The lowest BCUT2D eigenvalue weighted by atomic mass is 9.95. The second-order valence-corrected chi connectivity index (χ2v) is 4.64. The molecule has 0 amide bonds. The Morgan fingerprint density at radius 3 is 2.20 bits per heavy atom. The van der Waals surface area contributed by atoms with Crippen molar-refractivity contribution in [2.24, 2.45) is 11.8 Å². The number of hydrogen-bond acceptors (Lipinski definition) is 0. The van der Waals surface area contributed by atoms with Crippen LogP contribution in [0.15, 0.2) is 0 Å². The summed E-state index contributed by atoms with van der Waals surface area (Å²) < 4.78 is 1.32. The van der Waals surface area contributed by atoms with Gasteiger partial charge in [-0.3, -0.25) is 0 Å². The van der Waals surface area contributed by atoms with Gasteiger partial charge in [-0.2, -0.15) is 0 Å². The molecule has 1 heteroatoms. The summed E-state index contributed by atoms with van der Waals surface area (Å²) in [5, 5.41) is 0. The standard InChI is InChI=1S/C9H19I/c1-8(2)7-9(3)5-4-6-10/h8-9H,4-7H2,1-3H3. The van der Waals surface area contributed by atoms with Gasteiger partial charge in [0.15, 0.2) is 0 Å². The smallest absolute Gasteiger partial charge is 0.000463 e. The van der Waals surface area contributed by atoms with Crippen LogP contribution in [0.3, 0.4) is 0 Å². The molecule has 0 saturated carbocycles. The molecule has 0 aliphatic rings. The number of rotatable bonds is 5. The van der Waals surface area contributed by atoms with E-state index in [1.807, 2.05) is 0 Å². The zero-order chi connectivity index (χ0) is 7.98. The van der Waals surface area contributed by atoms with Gasteiger partial charge in [0.05, 0.1) is 0 Å². The van der Waals surface area contributed by atoms with Gasteiger partial charge in [0.25, 0.3) is 0 Å². The molecule has 0 saturated heterocycles. The molecule has 0 radical (unpaired) electrons. The molecule has 10 heavy (non-hydrogen) atoms. The summed E-state index contributed by atoms with van der Waals surface area (Å²) in [7, 11) is 0. The van der Waals surface area contributed by atoms with Gasteiger partial charge in [0.2, 0.25) is 0 Å². The van der Waals surface area contributed by atoms with Crippen molar-refractivity contribution in [1.82, 2.24) is 0 Å². The van der Waals surface area contributed by atoms with E-state index in [-0.39, 0.29) is 0 Å². The Kier molecular flexibility index (Phi) is 6.91. The Morgan fingerprint density at radius 1 is 1.20 bits per heavy atom. The third-order valence-electron chi connectivity index (χ3n) is 1.70. The van der Waals surface area contributed by atoms with Crippen LogP contribution in [-0.4, -0.2) is 4.43 Å². The zero-order valence-electron chi connectivity index (χ0n) is 7.36. The van der Waals surface area contributed by atoms with Crippen molar-refractivity contribution in [1.29, 1.82) is 0 Å². The number of alkyl halides is 1. The molecule has 0 aromatic rings. The fourth-order valence-corrected chi connectivity index (χ4v) is 1.79. The van der Waals surface area contributed by atoms with Crippen LogP contribution < -0.4 is 0 Å². The Bertz CT molecular complexity index is 69.1. The molecule has 0 spiro atoms. The van der Waals surface area contributed by atoms with Crippen molar-refractivity contribution in [2.45, 2.75) is 40.0 Å². The minimum atomic E-state index is 0.879. The zero-order valence-corrected chi connectivity index (χ0v) is 9.52. The van der Waals surface area contributed by atoms with E-state index >= 15 is 0 Å². The molecule has 0 aromatic carbocycles. The molecule has 0 bridgehead atoms.